The minimum atomic E-state index is -0.0896. The Morgan fingerprint density at radius 3 is 3.12 bits per heavy atom. The van der Waals surface area contributed by atoms with Crippen LogP contribution in [0.2, 0.25) is 5.15 Å². The summed E-state index contributed by atoms with van der Waals surface area (Å²) in [5.74, 6) is 0.101. The van der Waals surface area contributed by atoms with Gasteiger partial charge in [0, 0.05) is 19.3 Å². The molecule has 0 unspecified atom stereocenters. The Hall–Kier alpha value is -1.13. The van der Waals surface area contributed by atoms with Crippen LogP contribution in [0.3, 0.4) is 0 Å². The summed E-state index contributed by atoms with van der Waals surface area (Å²) in [6.45, 7) is 1.43. The second-order valence-electron chi connectivity index (χ2n) is 4.21. The third-order valence-corrected chi connectivity index (χ3v) is 3.10. The lowest BCUT2D eigenvalue weighted by molar-refractivity contribution is -0.122. The highest BCUT2D eigenvalue weighted by atomic mass is 35.5. The van der Waals surface area contributed by atoms with E-state index in [-0.39, 0.29) is 11.9 Å². The van der Waals surface area contributed by atoms with Crippen LogP contribution in [0.1, 0.15) is 24.8 Å². The SMILES string of the molecule is O=C1NCCCC[C@H]1NCc1ccc(Cl)nc1. The molecule has 1 aliphatic heterocycles. The van der Waals surface area contributed by atoms with Crippen LogP contribution in [-0.2, 0) is 11.3 Å². The molecule has 1 aromatic rings. The lowest BCUT2D eigenvalue weighted by Crippen LogP contribution is -2.42. The average molecular weight is 254 g/mol. The van der Waals surface area contributed by atoms with Crippen molar-refractivity contribution in [2.75, 3.05) is 6.54 Å². The molecule has 1 aliphatic rings. The van der Waals surface area contributed by atoms with Crippen LogP contribution >= 0.6 is 11.6 Å². The largest absolute Gasteiger partial charge is 0.355 e. The Morgan fingerprint density at radius 1 is 1.47 bits per heavy atom. The molecule has 1 amide bonds. The molecule has 4 nitrogen and oxygen atoms in total. The van der Waals surface area contributed by atoms with Gasteiger partial charge >= 0.3 is 0 Å². The molecule has 2 N–H and O–H groups in total. The first kappa shape index (κ1) is 12.3. The molecule has 0 bridgehead atoms. The van der Waals surface area contributed by atoms with Gasteiger partial charge in [0.1, 0.15) is 5.15 Å². The second-order valence-corrected chi connectivity index (χ2v) is 4.60. The molecule has 5 heteroatoms. The minimum Gasteiger partial charge on any atom is -0.355 e. The zero-order chi connectivity index (χ0) is 12.1. The number of aromatic nitrogens is 1. The number of halogens is 1. The van der Waals surface area contributed by atoms with E-state index in [4.69, 9.17) is 11.6 Å². The number of rotatable bonds is 3. The summed E-state index contributed by atoms with van der Waals surface area (Å²) < 4.78 is 0. The smallest absolute Gasteiger partial charge is 0.237 e. The van der Waals surface area contributed by atoms with Crippen molar-refractivity contribution in [2.24, 2.45) is 0 Å². The van der Waals surface area contributed by atoms with Crippen molar-refractivity contribution in [1.29, 1.82) is 0 Å². The van der Waals surface area contributed by atoms with Gasteiger partial charge in [-0.2, -0.15) is 0 Å². The summed E-state index contributed by atoms with van der Waals surface area (Å²) in [7, 11) is 0. The zero-order valence-electron chi connectivity index (χ0n) is 9.58. The van der Waals surface area contributed by atoms with E-state index in [1.165, 1.54) is 0 Å². The van der Waals surface area contributed by atoms with E-state index in [0.717, 1.165) is 31.4 Å². The number of nitrogens with one attached hydrogen (secondary N) is 2. The number of carbonyl (C=O) groups is 1. The molecule has 1 saturated heterocycles. The summed E-state index contributed by atoms with van der Waals surface area (Å²) >= 11 is 5.71. The van der Waals surface area contributed by atoms with Gasteiger partial charge in [0.2, 0.25) is 5.91 Å². The molecule has 2 rings (SSSR count). The van der Waals surface area contributed by atoms with Gasteiger partial charge in [0.15, 0.2) is 0 Å². The van der Waals surface area contributed by atoms with E-state index >= 15 is 0 Å². The molecule has 0 saturated carbocycles. The van der Waals surface area contributed by atoms with Crippen LogP contribution in [0.15, 0.2) is 18.3 Å². The van der Waals surface area contributed by atoms with Gasteiger partial charge in [-0.1, -0.05) is 17.7 Å². The number of hydrogen-bond donors (Lipinski definition) is 2. The Bertz CT molecular complexity index is 380. The third-order valence-electron chi connectivity index (χ3n) is 2.88. The maximum Gasteiger partial charge on any atom is 0.237 e. The lowest BCUT2D eigenvalue weighted by Gasteiger charge is -2.14. The van der Waals surface area contributed by atoms with E-state index < -0.39 is 0 Å². The molecule has 0 radical (unpaired) electrons. The quantitative estimate of drug-likeness (QED) is 0.803. The fraction of sp³-hybridized carbons (Fsp3) is 0.500. The van der Waals surface area contributed by atoms with Crippen LogP contribution in [0.4, 0.5) is 0 Å². The number of nitrogens with zero attached hydrogens (tertiary/aromatic N) is 1. The van der Waals surface area contributed by atoms with Crippen molar-refractivity contribution in [1.82, 2.24) is 15.6 Å². The van der Waals surface area contributed by atoms with Crippen LogP contribution < -0.4 is 10.6 Å². The summed E-state index contributed by atoms with van der Waals surface area (Å²) in [5, 5.41) is 6.64. The second kappa shape index (κ2) is 5.98. The standard InChI is InChI=1S/C12H16ClN3O/c13-11-5-4-9(8-16-11)7-15-10-3-1-2-6-14-12(10)17/h4-5,8,10,15H,1-3,6-7H2,(H,14,17)/t10-/m1/s1. The molecule has 92 valence electrons. The number of hydrogen-bond acceptors (Lipinski definition) is 3. The maximum atomic E-state index is 11.7. The van der Waals surface area contributed by atoms with E-state index in [2.05, 4.69) is 15.6 Å². The predicted octanol–water partition coefficient (Wildman–Crippen LogP) is 1.49. The van der Waals surface area contributed by atoms with Gasteiger partial charge in [-0.25, -0.2) is 4.98 Å². The van der Waals surface area contributed by atoms with Gasteiger partial charge in [0.05, 0.1) is 6.04 Å². The molecule has 2 heterocycles. The van der Waals surface area contributed by atoms with Crippen molar-refractivity contribution < 1.29 is 4.79 Å². The zero-order valence-corrected chi connectivity index (χ0v) is 10.3. The fourth-order valence-corrected chi connectivity index (χ4v) is 2.00. The lowest BCUT2D eigenvalue weighted by atomic mass is 10.1. The van der Waals surface area contributed by atoms with Crippen molar-refractivity contribution >= 4 is 17.5 Å². The molecular weight excluding hydrogens is 238 g/mol. The first-order chi connectivity index (χ1) is 8.25. The van der Waals surface area contributed by atoms with Crippen LogP contribution in [0.25, 0.3) is 0 Å². The summed E-state index contributed by atoms with van der Waals surface area (Å²) in [6.07, 6.45) is 4.76. The van der Waals surface area contributed by atoms with Gasteiger partial charge in [-0.05, 0) is 30.9 Å². The van der Waals surface area contributed by atoms with Crippen molar-refractivity contribution in [3.8, 4) is 0 Å². The molecule has 0 aliphatic carbocycles. The topological polar surface area (TPSA) is 54.0 Å². The van der Waals surface area contributed by atoms with Crippen LogP contribution in [0.5, 0.6) is 0 Å². The molecule has 0 aromatic carbocycles. The third kappa shape index (κ3) is 3.68. The first-order valence-electron chi connectivity index (χ1n) is 5.87. The fourth-order valence-electron chi connectivity index (χ4n) is 1.89. The van der Waals surface area contributed by atoms with Crippen molar-refractivity contribution in [3.05, 3.63) is 29.0 Å². The van der Waals surface area contributed by atoms with Gasteiger partial charge in [0.25, 0.3) is 0 Å². The van der Waals surface area contributed by atoms with E-state index in [0.29, 0.717) is 11.7 Å². The van der Waals surface area contributed by atoms with Gasteiger partial charge in [-0.15, -0.1) is 0 Å². The summed E-state index contributed by atoms with van der Waals surface area (Å²) in [5.41, 5.74) is 1.03. The summed E-state index contributed by atoms with van der Waals surface area (Å²) in [6, 6.07) is 3.58. The van der Waals surface area contributed by atoms with Crippen molar-refractivity contribution in [3.63, 3.8) is 0 Å². The Labute approximate surface area is 106 Å². The van der Waals surface area contributed by atoms with Crippen LogP contribution in [-0.4, -0.2) is 23.5 Å². The highest BCUT2D eigenvalue weighted by Gasteiger charge is 2.19. The molecular formula is C12H16ClN3O. The average Bonchev–Trinajstić information content (AvgIpc) is 2.54. The van der Waals surface area contributed by atoms with E-state index in [1.54, 1.807) is 12.3 Å². The molecule has 1 aromatic heterocycles. The maximum absolute atomic E-state index is 11.7. The Balaban J connectivity index is 1.88. The van der Waals surface area contributed by atoms with Crippen LogP contribution in [0, 0.1) is 0 Å². The predicted molar refractivity (Wildman–Crippen MR) is 66.7 cm³/mol. The highest BCUT2D eigenvalue weighted by molar-refractivity contribution is 6.29. The van der Waals surface area contributed by atoms with E-state index in [9.17, 15) is 4.79 Å². The number of amides is 1. The normalized spacial score (nSPS) is 20.8. The first-order valence-corrected chi connectivity index (χ1v) is 6.25. The van der Waals surface area contributed by atoms with Gasteiger partial charge < -0.3 is 10.6 Å². The molecule has 0 spiro atoms. The Kier molecular flexibility index (Phi) is 4.34. The minimum absolute atomic E-state index is 0.0896. The van der Waals surface area contributed by atoms with Crippen molar-refractivity contribution in [2.45, 2.75) is 31.8 Å². The van der Waals surface area contributed by atoms with E-state index in [1.807, 2.05) is 6.07 Å². The Morgan fingerprint density at radius 2 is 2.35 bits per heavy atom. The molecule has 1 atom stereocenters. The highest BCUT2D eigenvalue weighted by Crippen LogP contribution is 2.08. The molecule has 1 fully saturated rings. The summed E-state index contributed by atoms with van der Waals surface area (Å²) in [4.78, 5) is 15.7. The monoisotopic (exact) mass is 253 g/mol. The van der Waals surface area contributed by atoms with Gasteiger partial charge in [-0.3, -0.25) is 4.79 Å². The molecule has 17 heavy (non-hydrogen) atoms. The number of pyridine rings is 1. The number of carbonyl (C=O) groups excluding carboxylic acids is 1.